The predicted molar refractivity (Wildman–Crippen MR) is 77.1 cm³/mol. The van der Waals surface area contributed by atoms with Crippen molar-refractivity contribution >= 4 is 0 Å². The molecule has 0 saturated carbocycles. The fraction of sp³-hybridized carbons (Fsp3) is 0.938. The molecule has 1 heteroatoms. The van der Waals surface area contributed by atoms with Crippen molar-refractivity contribution in [1.82, 2.24) is 4.90 Å². The van der Waals surface area contributed by atoms with Gasteiger partial charge in [0.15, 0.2) is 0 Å². The van der Waals surface area contributed by atoms with Crippen LogP contribution in [0.5, 0.6) is 0 Å². The third kappa shape index (κ3) is 7.81. The van der Waals surface area contributed by atoms with E-state index in [4.69, 9.17) is 0 Å². The van der Waals surface area contributed by atoms with Crippen LogP contribution in [-0.4, -0.2) is 24.5 Å². The fourth-order valence-electron chi connectivity index (χ4n) is 2.68. The zero-order valence-electron chi connectivity index (χ0n) is 11.9. The molecule has 0 atom stereocenters. The lowest BCUT2D eigenvalue weighted by atomic mass is 9.99. The average molecular weight is 238 g/mol. The molecule has 0 aromatic carbocycles. The lowest BCUT2D eigenvalue weighted by Gasteiger charge is -2.30. The van der Waals surface area contributed by atoms with Crippen LogP contribution in [0.25, 0.3) is 0 Å². The highest BCUT2D eigenvalue weighted by molar-refractivity contribution is 4.73. The first-order valence-electron chi connectivity index (χ1n) is 7.88. The van der Waals surface area contributed by atoms with Gasteiger partial charge >= 0.3 is 0 Å². The van der Waals surface area contributed by atoms with E-state index in [-0.39, 0.29) is 0 Å². The number of unbranched alkanes of at least 4 members (excludes halogenated alkanes) is 7. The number of nitrogens with zero attached hydrogens (tertiary/aromatic N) is 1. The van der Waals surface area contributed by atoms with Crippen molar-refractivity contribution in [3.05, 3.63) is 6.92 Å². The van der Waals surface area contributed by atoms with Crippen LogP contribution in [0.1, 0.15) is 71.1 Å². The standard InChI is InChI=1S/C16H32N/c1-3-4-5-6-7-8-9-10-13-17-14-11-16(2)12-15-17/h16H,2-15H2,1H3. The first kappa shape index (κ1) is 15.0. The minimum atomic E-state index is 0.727. The molecule has 0 N–H and O–H groups in total. The van der Waals surface area contributed by atoms with Gasteiger partial charge in [-0.1, -0.05) is 58.8 Å². The molecule has 0 aliphatic carbocycles. The van der Waals surface area contributed by atoms with Crippen LogP contribution < -0.4 is 0 Å². The number of rotatable bonds is 9. The van der Waals surface area contributed by atoms with Crippen LogP contribution in [-0.2, 0) is 0 Å². The average Bonchev–Trinajstić information content (AvgIpc) is 2.35. The van der Waals surface area contributed by atoms with Gasteiger partial charge in [-0.3, -0.25) is 0 Å². The minimum absolute atomic E-state index is 0.727. The van der Waals surface area contributed by atoms with Crippen molar-refractivity contribution in [3.63, 3.8) is 0 Å². The topological polar surface area (TPSA) is 3.24 Å². The van der Waals surface area contributed by atoms with E-state index in [0.717, 1.165) is 5.92 Å². The summed E-state index contributed by atoms with van der Waals surface area (Å²) in [6, 6.07) is 0. The molecule has 1 radical (unpaired) electrons. The molecular weight excluding hydrogens is 206 g/mol. The second-order valence-corrected chi connectivity index (χ2v) is 5.76. The summed E-state index contributed by atoms with van der Waals surface area (Å²) in [5.74, 6) is 0.727. The lowest BCUT2D eigenvalue weighted by molar-refractivity contribution is 0.198. The Balaban J connectivity index is 1.81. The van der Waals surface area contributed by atoms with Gasteiger partial charge in [0.25, 0.3) is 0 Å². The summed E-state index contributed by atoms with van der Waals surface area (Å²) in [5.41, 5.74) is 0. The van der Waals surface area contributed by atoms with E-state index in [1.807, 2.05) is 0 Å². The summed E-state index contributed by atoms with van der Waals surface area (Å²) in [6.07, 6.45) is 14.1. The molecule has 0 bridgehead atoms. The van der Waals surface area contributed by atoms with Crippen molar-refractivity contribution < 1.29 is 0 Å². The van der Waals surface area contributed by atoms with Crippen molar-refractivity contribution in [2.45, 2.75) is 71.1 Å². The van der Waals surface area contributed by atoms with Gasteiger partial charge in [0.05, 0.1) is 0 Å². The zero-order chi connectivity index (χ0) is 12.3. The Morgan fingerprint density at radius 2 is 1.41 bits per heavy atom. The molecule has 1 heterocycles. The molecule has 1 rings (SSSR count). The fourth-order valence-corrected chi connectivity index (χ4v) is 2.68. The summed E-state index contributed by atoms with van der Waals surface area (Å²) >= 11 is 0. The maximum atomic E-state index is 4.15. The molecule has 0 spiro atoms. The van der Waals surface area contributed by atoms with E-state index < -0.39 is 0 Å². The third-order valence-electron chi connectivity index (χ3n) is 4.04. The largest absolute Gasteiger partial charge is 0.303 e. The Morgan fingerprint density at radius 3 is 2.00 bits per heavy atom. The van der Waals surface area contributed by atoms with Gasteiger partial charge in [-0.2, -0.15) is 0 Å². The smallest absolute Gasteiger partial charge is 0.00161 e. The van der Waals surface area contributed by atoms with Crippen LogP contribution in [0.2, 0.25) is 0 Å². The van der Waals surface area contributed by atoms with Crippen LogP contribution in [0, 0.1) is 12.8 Å². The molecule has 1 nitrogen and oxygen atoms in total. The first-order valence-corrected chi connectivity index (χ1v) is 7.88. The molecule has 0 unspecified atom stereocenters. The first-order chi connectivity index (χ1) is 8.33. The quantitative estimate of drug-likeness (QED) is 0.527. The second-order valence-electron chi connectivity index (χ2n) is 5.76. The highest BCUT2D eigenvalue weighted by Gasteiger charge is 2.14. The third-order valence-corrected chi connectivity index (χ3v) is 4.04. The highest BCUT2D eigenvalue weighted by atomic mass is 15.1. The molecule has 0 aromatic rings. The van der Waals surface area contributed by atoms with Crippen molar-refractivity contribution in [2.75, 3.05) is 19.6 Å². The van der Waals surface area contributed by atoms with E-state index in [0.29, 0.717) is 0 Å². The van der Waals surface area contributed by atoms with Crippen molar-refractivity contribution in [3.8, 4) is 0 Å². The van der Waals surface area contributed by atoms with Crippen LogP contribution in [0.3, 0.4) is 0 Å². The van der Waals surface area contributed by atoms with E-state index in [1.54, 1.807) is 0 Å². The van der Waals surface area contributed by atoms with E-state index >= 15 is 0 Å². The molecule has 1 fully saturated rings. The molecule has 1 aliphatic heterocycles. The molecule has 0 amide bonds. The Morgan fingerprint density at radius 1 is 0.882 bits per heavy atom. The van der Waals surface area contributed by atoms with Gasteiger partial charge in [-0.15, -0.1) is 0 Å². The monoisotopic (exact) mass is 238 g/mol. The number of likely N-dealkylation sites (tertiary alicyclic amines) is 1. The SMILES string of the molecule is [CH2]C1CCN(CCCCCCCCCC)CC1. The van der Waals surface area contributed by atoms with E-state index in [2.05, 4.69) is 18.7 Å². The van der Waals surface area contributed by atoms with E-state index in [1.165, 1.54) is 83.8 Å². The van der Waals surface area contributed by atoms with Gasteiger partial charge in [0.1, 0.15) is 0 Å². The van der Waals surface area contributed by atoms with Gasteiger partial charge < -0.3 is 4.90 Å². The molecule has 1 aliphatic rings. The Bertz CT molecular complexity index is 159. The summed E-state index contributed by atoms with van der Waals surface area (Å²) < 4.78 is 0. The highest BCUT2D eigenvalue weighted by Crippen LogP contribution is 2.16. The summed E-state index contributed by atoms with van der Waals surface area (Å²) in [6.45, 7) is 10.4. The molecule has 101 valence electrons. The van der Waals surface area contributed by atoms with Gasteiger partial charge in [0.2, 0.25) is 0 Å². The summed E-state index contributed by atoms with van der Waals surface area (Å²) in [4.78, 5) is 2.64. The second kappa shape index (κ2) is 9.94. The Kier molecular flexibility index (Phi) is 8.78. The zero-order valence-corrected chi connectivity index (χ0v) is 11.9. The maximum absolute atomic E-state index is 4.15. The van der Waals surface area contributed by atoms with Gasteiger partial charge in [-0.05, 0) is 44.8 Å². The van der Waals surface area contributed by atoms with Crippen LogP contribution in [0.15, 0.2) is 0 Å². The molecule has 17 heavy (non-hydrogen) atoms. The minimum Gasteiger partial charge on any atom is -0.303 e. The van der Waals surface area contributed by atoms with Crippen molar-refractivity contribution in [2.24, 2.45) is 5.92 Å². The number of hydrogen-bond acceptors (Lipinski definition) is 1. The maximum Gasteiger partial charge on any atom is -0.00161 e. The summed E-state index contributed by atoms with van der Waals surface area (Å²) in [7, 11) is 0. The number of piperidine rings is 1. The molecular formula is C16H32N. The van der Waals surface area contributed by atoms with Gasteiger partial charge in [-0.25, -0.2) is 0 Å². The van der Waals surface area contributed by atoms with Crippen molar-refractivity contribution in [1.29, 1.82) is 0 Å². The lowest BCUT2D eigenvalue weighted by Crippen LogP contribution is -2.33. The van der Waals surface area contributed by atoms with Gasteiger partial charge in [0, 0.05) is 0 Å². The Labute approximate surface area is 109 Å². The van der Waals surface area contributed by atoms with Crippen LogP contribution in [0.4, 0.5) is 0 Å². The predicted octanol–water partition coefficient (Wildman–Crippen LogP) is 4.67. The van der Waals surface area contributed by atoms with E-state index in [9.17, 15) is 0 Å². The molecule has 1 saturated heterocycles. The normalized spacial score (nSPS) is 18.7. The Hall–Kier alpha value is -0.0400. The van der Waals surface area contributed by atoms with Crippen LogP contribution >= 0.6 is 0 Å². The molecule has 0 aromatic heterocycles. The number of hydrogen-bond donors (Lipinski definition) is 0. The summed E-state index contributed by atoms with van der Waals surface area (Å²) in [5, 5.41) is 0.